The summed E-state index contributed by atoms with van der Waals surface area (Å²) < 4.78 is 0. The average molecular weight is 280 g/mol. The molecule has 0 rings (SSSR count). The van der Waals surface area contributed by atoms with E-state index in [2.05, 4.69) is 17.5 Å². The second kappa shape index (κ2) is 18.9. The minimum Gasteiger partial charge on any atom is -0.464 e. The molecule has 0 aromatic heterocycles. The number of amides is 3. The minimum atomic E-state index is -1.22. The zero-order valence-electron chi connectivity index (χ0n) is 7.71. The molecule has 0 aromatic rings. The summed E-state index contributed by atoms with van der Waals surface area (Å²) in [6.07, 6.45) is -3.65. The third-order valence-corrected chi connectivity index (χ3v) is 0.370. The molecular formula is C3H12CrN6O6. The molecule has 12 nitrogen and oxygen atoms in total. The Balaban J connectivity index is -0.0000000655. The summed E-state index contributed by atoms with van der Waals surface area (Å²) in [4.78, 5) is 27.4. The summed E-state index contributed by atoms with van der Waals surface area (Å²) in [7, 11) is 0. The van der Waals surface area contributed by atoms with Crippen molar-refractivity contribution in [3.8, 4) is 0 Å². The van der Waals surface area contributed by atoms with Gasteiger partial charge in [0, 0.05) is 17.4 Å². The van der Waals surface area contributed by atoms with Crippen molar-refractivity contribution in [2.45, 2.75) is 0 Å². The Hall–Kier alpha value is -1.78. The molecule has 13 heteroatoms. The number of hydrogen-bond acceptors (Lipinski definition) is 6. The zero-order valence-corrected chi connectivity index (χ0v) is 8.98. The van der Waals surface area contributed by atoms with Gasteiger partial charge in [0.1, 0.15) is 0 Å². The van der Waals surface area contributed by atoms with Gasteiger partial charge < -0.3 is 15.3 Å². The first-order chi connectivity index (χ1) is 6.81. The summed E-state index contributed by atoms with van der Waals surface area (Å²) in [6, 6.07) is 0. The SMILES string of the molecule is NNC(=O)O.NNC(=O)O.NNC(=O)O.[Cr]. The van der Waals surface area contributed by atoms with Gasteiger partial charge in [0.15, 0.2) is 0 Å². The average Bonchev–Trinajstić information content (AvgIpc) is 2.19. The molecule has 0 fully saturated rings. The van der Waals surface area contributed by atoms with E-state index in [-0.39, 0.29) is 17.4 Å². The van der Waals surface area contributed by atoms with Crippen LogP contribution in [0.25, 0.3) is 0 Å². The van der Waals surface area contributed by atoms with Crippen molar-refractivity contribution in [2.24, 2.45) is 17.5 Å². The number of carbonyl (C=O) groups is 3. The standard InChI is InChI=1S/3CH4N2O2.Cr/c3*2-3-1(4)5;/h3*3H,2H2,(H,4,5);. The van der Waals surface area contributed by atoms with Crippen molar-refractivity contribution in [3.63, 3.8) is 0 Å². The van der Waals surface area contributed by atoms with Crippen LogP contribution in [-0.4, -0.2) is 33.6 Å². The molecule has 0 radical (unpaired) electrons. The van der Waals surface area contributed by atoms with Gasteiger partial charge in [-0.15, -0.1) is 0 Å². The Kier molecular flexibility index (Phi) is 28.1. The van der Waals surface area contributed by atoms with Gasteiger partial charge in [-0.3, -0.25) is 16.3 Å². The maximum Gasteiger partial charge on any atom is 0.418 e. The molecule has 16 heavy (non-hydrogen) atoms. The molecule has 12 N–H and O–H groups in total. The predicted molar refractivity (Wildman–Crippen MR) is 46.0 cm³/mol. The van der Waals surface area contributed by atoms with Gasteiger partial charge in [-0.2, -0.15) is 0 Å². The monoisotopic (exact) mass is 280 g/mol. The molecule has 0 unspecified atom stereocenters. The van der Waals surface area contributed by atoms with Crippen LogP contribution < -0.4 is 33.8 Å². The van der Waals surface area contributed by atoms with Crippen LogP contribution in [0.15, 0.2) is 0 Å². The maximum atomic E-state index is 9.13. The van der Waals surface area contributed by atoms with Crippen molar-refractivity contribution in [1.29, 1.82) is 0 Å². The first kappa shape index (κ1) is 23.8. The van der Waals surface area contributed by atoms with E-state index in [4.69, 9.17) is 29.7 Å². The number of carboxylic acid groups (broad SMARTS) is 3. The molecule has 0 aliphatic heterocycles. The van der Waals surface area contributed by atoms with Crippen LogP contribution >= 0.6 is 0 Å². The predicted octanol–water partition coefficient (Wildman–Crippen LogP) is -2.62. The molecule has 0 spiro atoms. The van der Waals surface area contributed by atoms with E-state index in [9.17, 15) is 0 Å². The molecule has 0 saturated heterocycles. The molecule has 0 bridgehead atoms. The molecule has 96 valence electrons. The van der Waals surface area contributed by atoms with E-state index >= 15 is 0 Å². The van der Waals surface area contributed by atoms with Crippen LogP contribution in [0, 0.1) is 0 Å². The number of hydrazine groups is 3. The van der Waals surface area contributed by atoms with Crippen molar-refractivity contribution >= 4 is 18.3 Å². The van der Waals surface area contributed by atoms with Crippen molar-refractivity contribution in [2.75, 3.05) is 0 Å². The van der Waals surface area contributed by atoms with Crippen LogP contribution in [0.3, 0.4) is 0 Å². The fourth-order valence-corrected chi connectivity index (χ4v) is 0. The number of hydrogen-bond donors (Lipinski definition) is 9. The van der Waals surface area contributed by atoms with Gasteiger partial charge in [0.2, 0.25) is 0 Å². The van der Waals surface area contributed by atoms with E-state index < -0.39 is 18.3 Å². The first-order valence-electron chi connectivity index (χ1n) is 2.90. The van der Waals surface area contributed by atoms with Gasteiger partial charge in [0.25, 0.3) is 0 Å². The van der Waals surface area contributed by atoms with E-state index in [0.29, 0.717) is 0 Å². The fraction of sp³-hybridized carbons (Fsp3) is 0. The molecule has 3 amide bonds. The topological polar surface area (TPSA) is 226 Å². The van der Waals surface area contributed by atoms with Crippen molar-refractivity contribution in [3.05, 3.63) is 0 Å². The van der Waals surface area contributed by atoms with E-state index in [1.165, 1.54) is 16.3 Å². The normalized spacial score (nSPS) is 6.19. The summed E-state index contributed by atoms with van der Waals surface area (Å²) >= 11 is 0. The Morgan fingerprint density at radius 3 is 0.750 bits per heavy atom. The number of nitrogens with two attached hydrogens (primary N) is 3. The molecule has 0 saturated carbocycles. The van der Waals surface area contributed by atoms with E-state index in [0.717, 1.165) is 0 Å². The largest absolute Gasteiger partial charge is 0.464 e. The van der Waals surface area contributed by atoms with Crippen molar-refractivity contribution in [1.82, 2.24) is 16.3 Å². The van der Waals surface area contributed by atoms with Gasteiger partial charge in [-0.1, -0.05) is 0 Å². The molecular weight excluding hydrogens is 268 g/mol. The Morgan fingerprint density at radius 2 is 0.750 bits per heavy atom. The van der Waals surface area contributed by atoms with Gasteiger partial charge in [0.05, 0.1) is 0 Å². The third-order valence-electron chi connectivity index (χ3n) is 0.370. The number of nitrogens with one attached hydrogen (secondary N) is 3. The first-order valence-corrected chi connectivity index (χ1v) is 2.90. The smallest absolute Gasteiger partial charge is 0.418 e. The van der Waals surface area contributed by atoms with Crippen LogP contribution in [0.4, 0.5) is 14.4 Å². The van der Waals surface area contributed by atoms with Crippen LogP contribution in [0.5, 0.6) is 0 Å². The van der Waals surface area contributed by atoms with E-state index in [1.807, 2.05) is 0 Å². The van der Waals surface area contributed by atoms with Crippen molar-refractivity contribution < 1.29 is 47.1 Å². The summed E-state index contributed by atoms with van der Waals surface area (Å²) in [6.45, 7) is 0. The minimum absolute atomic E-state index is 0. The fourth-order valence-electron chi connectivity index (χ4n) is 0. The van der Waals surface area contributed by atoms with Gasteiger partial charge in [-0.25, -0.2) is 31.9 Å². The summed E-state index contributed by atoms with van der Waals surface area (Å²) in [5.74, 6) is 13.0. The molecule has 0 aliphatic carbocycles. The second-order valence-corrected chi connectivity index (χ2v) is 1.35. The van der Waals surface area contributed by atoms with Crippen LogP contribution in [0.2, 0.25) is 0 Å². The summed E-state index contributed by atoms with van der Waals surface area (Å²) in [5, 5.41) is 22.5. The Bertz CT molecular complexity index is 167. The third kappa shape index (κ3) is 86.3. The summed E-state index contributed by atoms with van der Waals surface area (Å²) in [5.41, 5.74) is 4.33. The van der Waals surface area contributed by atoms with E-state index in [1.54, 1.807) is 0 Å². The van der Waals surface area contributed by atoms with Gasteiger partial charge >= 0.3 is 18.3 Å². The molecule has 0 heterocycles. The number of rotatable bonds is 0. The van der Waals surface area contributed by atoms with Crippen LogP contribution in [-0.2, 0) is 17.4 Å². The van der Waals surface area contributed by atoms with Crippen LogP contribution in [0.1, 0.15) is 0 Å². The Morgan fingerprint density at radius 1 is 0.688 bits per heavy atom. The molecule has 0 atom stereocenters. The zero-order chi connectivity index (χ0) is 12.9. The second-order valence-electron chi connectivity index (χ2n) is 1.35. The quantitative estimate of drug-likeness (QED) is 0.128. The Labute approximate surface area is 99.8 Å². The molecule has 0 aromatic carbocycles. The molecule has 0 aliphatic rings. The van der Waals surface area contributed by atoms with Gasteiger partial charge in [-0.05, 0) is 0 Å². The maximum absolute atomic E-state index is 9.13.